The van der Waals surface area contributed by atoms with E-state index in [9.17, 15) is 14.4 Å². The van der Waals surface area contributed by atoms with Gasteiger partial charge in [-0.15, -0.1) is 0 Å². The molecule has 1 amide bonds. The third-order valence-corrected chi connectivity index (χ3v) is 3.62. The van der Waals surface area contributed by atoms with Crippen LogP contribution in [-0.2, 0) is 11.2 Å². The van der Waals surface area contributed by atoms with E-state index in [2.05, 4.69) is 25.5 Å². The SMILES string of the molecule is CC(=O)c1[nH]c(C)c(C(=O)NC(C)c2n[nH]c(CC(=O)O)n2)c1C. The number of H-pyrrole nitrogens is 2. The first-order valence-corrected chi connectivity index (χ1v) is 7.34. The van der Waals surface area contributed by atoms with Crippen LogP contribution in [0.15, 0.2) is 0 Å². The van der Waals surface area contributed by atoms with Crippen molar-refractivity contribution in [2.24, 2.45) is 0 Å². The number of aromatic nitrogens is 4. The van der Waals surface area contributed by atoms with Crippen molar-refractivity contribution >= 4 is 17.7 Å². The van der Waals surface area contributed by atoms with Crippen LogP contribution >= 0.6 is 0 Å². The molecule has 0 spiro atoms. The monoisotopic (exact) mass is 333 g/mol. The fourth-order valence-electron chi connectivity index (χ4n) is 2.50. The largest absolute Gasteiger partial charge is 0.481 e. The number of carbonyl (C=O) groups excluding carboxylic acids is 2. The molecule has 0 aliphatic rings. The van der Waals surface area contributed by atoms with Gasteiger partial charge in [-0.05, 0) is 26.3 Å². The molecule has 0 saturated carbocycles. The van der Waals surface area contributed by atoms with Crippen LogP contribution in [0.2, 0.25) is 0 Å². The maximum Gasteiger partial charge on any atom is 0.311 e. The number of Topliss-reactive ketones (excluding diaryl/α,β-unsaturated/α-hetero) is 1. The Morgan fingerprint density at radius 3 is 2.50 bits per heavy atom. The number of carboxylic acids is 1. The summed E-state index contributed by atoms with van der Waals surface area (Å²) in [6.45, 7) is 6.55. The molecule has 24 heavy (non-hydrogen) atoms. The van der Waals surface area contributed by atoms with E-state index in [1.807, 2.05) is 0 Å². The molecule has 0 radical (unpaired) electrons. The van der Waals surface area contributed by atoms with Gasteiger partial charge < -0.3 is 15.4 Å². The van der Waals surface area contributed by atoms with Gasteiger partial charge in [-0.2, -0.15) is 5.10 Å². The molecule has 0 bridgehead atoms. The first-order chi connectivity index (χ1) is 11.2. The number of aliphatic carboxylic acids is 1. The van der Waals surface area contributed by atoms with E-state index in [0.717, 1.165) is 0 Å². The van der Waals surface area contributed by atoms with Crippen molar-refractivity contribution in [1.82, 2.24) is 25.5 Å². The lowest BCUT2D eigenvalue weighted by Gasteiger charge is -2.11. The van der Waals surface area contributed by atoms with Gasteiger partial charge >= 0.3 is 5.97 Å². The van der Waals surface area contributed by atoms with E-state index in [1.165, 1.54) is 6.92 Å². The van der Waals surface area contributed by atoms with Gasteiger partial charge in [0.05, 0.1) is 17.3 Å². The molecule has 1 atom stereocenters. The summed E-state index contributed by atoms with van der Waals surface area (Å²) in [5.41, 5.74) is 2.01. The minimum absolute atomic E-state index is 0.144. The molecule has 9 heteroatoms. The van der Waals surface area contributed by atoms with Crippen LogP contribution in [-0.4, -0.2) is 42.9 Å². The van der Waals surface area contributed by atoms with Crippen molar-refractivity contribution in [3.05, 3.63) is 34.2 Å². The average Bonchev–Trinajstić information content (AvgIpc) is 3.03. The van der Waals surface area contributed by atoms with E-state index in [0.29, 0.717) is 22.5 Å². The first-order valence-electron chi connectivity index (χ1n) is 7.34. The molecule has 2 aromatic heterocycles. The van der Waals surface area contributed by atoms with Crippen LogP contribution in [0.1, 0.15) is 63.6 Å². The first kappa shape index (κ1) is 17.4. The zero-order chi connectivity index (χ0) is 18.0. The lowest BCUT2D eigenvalue weighted by Crippen LogP contribution is -2.28. The maximum absolute atomic E-state index is 12.5. The van der Waals surface area contributed by atoms with E-state index >= 15 is 0 Å². The lowest BCUT2D eigenvalue weighted by molar-refractivity contribution is -0.136. The molecule has 2 aromatic rings. The third kappa shape index (κ3) is 3.50. The quantitative estimate of drug-likeness (QED) is 0.583. The Kier molecular flexibility index (Phi) is 4.82. The number of hydrogen-bond donors (Lipinski definition) is 4. The van der Waals surface area contributed by atoms with Crippen LogP contribution in [0.4, 0.5) is 0 Å². The van der Waals surface area contributed by atoms with Crippen molar-refractivity contribution in [3.63, 3.8) is 0 Å². The summed E-state index contributed by atoms with van der Waals surface area (Å²) in [6, 6.07) is -0.522. The minimum atomic E-state index is -1.02. The number of rotatable bonds is 6. The summed E-state index contributed by atoms with van der Waals surface area (Å²) in [4.78, 5) is 41.7. The zero-order valence-corrected chi connectivity index (χ0v) is 13.9. The standard InChI is InChI=1S/C15H19N5O4/c1-6-12(7(2)16-13(6)9(4)21)15(24)17-8(3)14-18-10(19-20-14)5-11(22)23/h8,16H,5H2,1-4H3,(H,17,24)(H,22,23)(H,18,19,20). The highest BCUT2D eigenvalue weighted by Gasteiger charge is 2.23. The number of aromatic amines is 2. The predicted octanol–water partition coefficient (Wildman–Crippen LogP) is 1.07. The van der Waals surface area contributed by atoms with Gasteiger partial charge in [0.2, 0.25) is 0 Å². The van der Waals surface area contributed by atoms with Gasteiger partial charge in [0.15, 0.2) is 11.6 Å². The van der Waals surface area contributed by atoms with Gasteiger partial charge in [-0.1, -0.05) is 0 Å². The summed E-state index contributed by atoms with van der Waals surface area (Å²) in [7, 11) is 0. The van der Waals surface area contributed by atoms with Crippen LogP contribution in [0.3, 0.4) is 0 Å². The van der Waals surface area contributed by atoms with Gasteiger partial charge in [0.25, 0.3) is 5.91 Å². The summed E-state index contributed by atoms with van der Waals surface area (Å²) in [5.74, 6) is -1.02. The smallest absolute Gasteiger partial charge is 0.311 e. The number of ketones is 1. The molecule has 2 heterocycles. The highest BCUT2D eigenvalue weighted by atomic mass is 16.4. The fraction of sp³-hybridized carbons (Fsp3) is 0.400. The number of carboxylic acid groups (broad SMARTS) is 1. The van der Waals surface area contributed by atoms with Crippen LogP contribution in [0.5, 0.6) is 0 Å². The van der Waals surface area contributed by atoms with E-state index in [1.54, 1.807) is 20.8 Å². The number of nitrogens with zero attached hydrogens (tertiary/aromatic N) is 2. The molecule has 0 aliphatic carbocycles. The lowest BCUT2D eigenvalue weighted by atomic mass is 10.1. The second-order valence-electron chi connectivity index (χ2n) is 5.59. The van der Waals surface area contributed by atoms with Crippen molar-refractivity contribution in [2.75, 3.05) is 0 Å². The van der Waals surface area contributed by atoms with Gasteiger partial charge in [0, 0.05) is 12.6 Å². The summed E-state index contributed by atoms with van der Waals surface area (Å²) in [5, 5.41) is 17.9. The van der Waals surface area contributed by atoms with Gasteiger partial charge in [0.1, 0.15) is 12.2 Å². The van der Waals surface area contributed by atoms with E-state index in [-0.39, 0.29) is 29.8 Å². The molecule has 0 saturated heterocycles. The van der Waals surface area contributed by atoms with Crippen LogP contribution in [0.25, 0.3) is 0 Å². The minimum Gasteiger partial charge on any atom is -0.481 e. The molecular formula is C15H19N5O4. The van der Waals surface area contributed by atoms with Crippen molar-refractivity contribution < 1.29 is 19.5 Å². The second kappa shape index (κ2) is 6.65. The van der Waals surface area contributed by atoms with E-state index < -0.39 is 12.0 Å². The molecular weight excluding hydrogens is 314 g/mol. The molecule has 4 N–H and O–H groups in total. The van der Waals surface area contributed by atoms with Crippen LogP contribution in [0, 0.1) is 13.8 Å². The summed E-state index contributed by atoms with van der Waals surface area (Å²) < 4.78 is 0. The zero-order valence-electron chi connectivity index (χ0n) is 13.9. The second-order valence-corrected chi connectivity index (χ2v) is 5.59. The Hall–Kier alpha value is -2.97. The van der Waals surface area contributed by atoms with Crippen molar-refractivity contribution in [2.45, 2.75) is 40.2 Å². The molecule has 0 fully saturated rings. The number of amides is 1. The Bertz CT molecular complexity index is 805. The molecule has 1 unspecified atom stereocenters. The fourth-order valence-corrected chi connectivity index (χ4v) is 2.50. The molecule has 9 nitrogen and oxygen atoms in total. The predicted molar refractivity (Wildman–Crippen MR) is 83.9 cm³/mol. The highest BCUT2D eigenvalue weighted by Crippen LogP contribution is 2.19. The number of hydrogen-bond acceptors (Lipinski definition) is 5. The van der Waals surface area contributed by atoms with Gasteiger partial charge in [-0.25, -0.2) is 4.98 Å². The number of nitrogens with one attached hydrogen (secondary N) is 3. The average molecular weight is 333 g/mol. The number of carbonyl (C=O) groups is 3. The molecule has 2 rings (SSSR count). The third-order valence-electron chi connectivity index (χ3n) is 3.62. The molecule has 0 aliphatic heterocycles. The summed E-state index contributed by atoms with van der Waals surface area (Å²) in [6.07, 6.45) is -0.272. The van der Waals surface area contributed by atoms with Gasteiger partial charge in [-0.3, -0.25) is 19.5 Å². The van der Waals surface area contributed by atoms with Crippen molar-refractivity contribution in [1.29, 1.82) is 0 Å². The normalized spacial score (nSPS) is 12.0. The Morgan fingerprint density at radius 1 is 1.29 bits per heavy atom. The van der Waals surface area contributed by atoms with Crippen molar-refractivity contribution in [3.8, 4) is 0 Å². The highest BCUT2D eigenvalue weighted by molar-refractivity contribution is 6.02. The topological polar surface area (TPSA) is 141 Å². The Balaban J connectivity index is 2.16. The Labute approximate surface area is 137 Å². The summed E-state index contributed by atoms with van der Waals surface area (Å²) >= 11 is 0. The van der Waals surface area contributed by atoms with Crippen LogP contribution < -0.4 is 5.32 Å². The molecule has 0 aromatic carbocycles. The maximum atomic E-state index is 12.5. The van der Waals surface area contributed by atoms with E-state index in [4.69, 9.17) is 5.11 Å². The number of aryl methyl sites for hydroxylation is 1. The molecule has 128 valence electrons. The Morgan fingerprint density at radius 2 is 1.96 bits per heavy atom.